The van der Waals surface area contributed by atoms with Gasteiger partial charge in [0.05, 0.1) is 0 Å². The maximum absolute atomic E-state index is 5.11. The Morgan fingerprint density at radius 1 is 1.50 bits per heavy atom. The SMILES string of the molecule is C#C/C=C(\C)[C]1[CH][CH][CH][CH]1. The fourth-order valence-electron chi connectivity index (χ4n) is 0.845. The van der Waals surface area contributed by atoms with E-state index in [0.717, 1.165) is 5.57 Å². The second kappa shape index (κ2) is 3.46. The van der Waals surface area contributed by atoms with Crippen LogP contribution in [0.15, 0.2) is 11.6 Å². The van der Waals surface area contributed by atoms with Crippen molar-refractivity contribution in [3.05, 3.63) is 43.3 Å². The van der Waals surface area contributed by atoms with Crippen LogP contribution in [-0.2, 0) is 0 Å². The van der Waals surface area contributed by atoms with Gasteiger partial charge < -0.3 is 0 Å². The molecule has 0 aromatic heterocycles. The largest absolute Gasteiger partial charge is 0.115 e. The van der Waals surface area contributed by atoms with Crippen molar-refractivity contribution in [1.82, 2.24) is 0 Å². The Kier molecular flexibility index (Phi) is 2.57. The normalized spacial score (nSPS) is 21.0. The molecule has 0 N–H and O–H groups in total. The average molecular weight is 129 g/mol. The first-order valence-electron chi connectivity index (χ1n) is 3.19. The van der Waals surface area contributed by atoms with E-state index in [-0.39, 0.29) is 0 Å². The van der Waals surface area contributed by atoms with E-state index >= 15 is 0 Å². The molecule has 1 saturated carbocycles. The van der Waals surface area contributed by atoms with Gasteiger partial charge in [-0.15, -0.1) is 6.42 Å². The molecular weight excluding hydrogens is 120 g/mol. The van der Waals surface area contributed by atoms with Crippen molar-refractivity contribution in [1.29, 1.82) is 0 Å². The maximum atomic E-state index is 5.11. The molecule has 0 amide bonds. The van der Waals surface area contributed by atoms with E-state index in [4.69, 9.17) is 6.42 Å². The molecule has 0 saturated heterocycles. The van der Waals surface area contributed by atoms with Crippen molar-refractivity contribution in [3.8, 4) is 12.3 Å². The molecule has 0 aromatic carbocycles. The number of hydrogen-bond donors (Lipinski definition) is 0. The fourth-order valence-corrected chi connectivity index (χ4v) is 0.845. The zero-order valence-electron chi connectivity index (χ0n) is 5.96. The summed E-state index contributed by atoms with van der Waals surface area (Å²) >= 11 is 0. The summed E-state index contributed by atoms with van der Waals surface area (Å²) in [6, 6.07) is 0. The standard InChI is InChI=1S/C10H9/c1-3-6-9(2)10-7-4-5-8-10/h1,4-8H,2H3/b9-6+. The molecule has 1 rings (SSSR count). The van der Waals surface area contributed by atoms with Gasteiger partial charge in [0.15, 0.2) is 0 Å². The van der Waals surface area contributed by atoms with Crippen LogP contribution in [0.3, 0.4) is 0 Å². The van der Waals surface area contributed by atoms with E-state index in [1.165, 1.54) is 5.92 Å². The first kappa shape index (κ1) is 7.41. The molecule has 0 atom stereocenters. The van der Waals surface area contributed by atoms with Gasteiger partial charge >= 0.3 is 0 Å². The van der Waals surface area contributed by atoms with Crippen LogP contribution in [0.1, 0.15) is 6.92 Å². The van der Waals surface area contributed by atoms with Crippen molar-refractivity contribution in [2.24, 2.45) is 0 Å². The third kappa shape index (κ3) is 1.64. The van der Waals surface area contributed by atoms with Gasteiger partial charge in [0.25, 0.3) is 0 Å². The summed E-state index contributed by atoms with van der Waals surface area (Å²) in [5, 5.41) is 0. The summed E-state index contributed by atoms with van der Waals surface area (Å²) < 4.78 is 0. The van der Waals surface area contributed by atoms with Crippen LogP contribution in [0.5, 0.6) is 0 Å². The van der Waals surface area contributed by atoms with E-state index in [1.807, 2.05) is 32.6 Å². The molecule has 0 nitrogen and oxygen atoms in total. The van der Waals surface area contributed by atoms with E-state index in [9.17, 15) is 0 Å². The second-order valence-corrected chi connectivity index (χ2v) is 2.17. The molecule has 1 aliphatic carbocycles. The molecule has 1 aliphatic rings. The highest BCUT2D eigenvalue weighted by atomic mass is 14.2. The summed E-state index contributed by atoms with van der Waals surface area (Å²) in [6.07, 6.45) is 15.0. The monoisotopic (exact) mass is 129 g/mol. The van der Waals surface area contributed by atoms with E-state index in [1.54, 1.807) is 6.08 Å². The Morgan fingerprint density at radius 2 is 2.10 bits per heavy atom. The van der Waals surface area contributed by atoms with Gasteiger partial charge in [0, 0.05) is 5.92 Å². The van der Waals surface area contributed by atoms with Gasteiger partial charge in [0.2, 0.25) is 0 Å². The molecule has 49 valence electrons. The van der Waals surface area contributed by atoms with Crippen molar-refractivity contribution in [3.63, 3.8) is 0 Å². The van der Waals surface area contributed by atoms with Crippen LogP contribution in [0.2, 0.25) is 0 Å². The van der Waals surface area contributed by atoms with Crippen LogP contribution >= 0.6 is 0 Å². The smallest absolute Gasteiger partial charge is 0.00863 e. The first-order valence-corrected chi connectivity index (χ1v) is 3.19. The van der Waals surface area contributed by atoms with Crippen molar-refractivity contribution < 1.29 is 0 Å². The lowest BCUT2D eigenvalue weighted by Gasteiger charge is -2.04. The third-order valence-corrected chi connectivity index (χ3v) is 1.42. The van der Waals surface area contributed by atoms with Gasteiger partial charge in [-0.2, -0.15) is 0 Å². The Morgan fingerprint density at radius 3 is 2.60 bits per heavy atom. The van der Waals surface area contributed by atoms with Crippen LogP contribution in [-0.4, -0.2) is 0 Å². The van der Waals surface area contributed by atoms with Crippen LogP contribution in [0.4, 0.5) is 0 Å². The van der Waals surface area contributed by atoms with E-state index in [0.29, 0.717) is 0 Å². The predicted molar refractivity (Wildman–Crippen MR) is 43.0 cm³/mol. The van der Waals surface area contributed by atoms with E-state index in [2.05, 4.69) is 5.92 Å². The molecule has 0 spiro atoms. The molecule has 1 fully saturated rings. The highest BCUT2D eigenvalue weighted by Crippen LogP contribution is 2.29. The summed E-state index contributed by atoms with van der Waals surface area (Å²) in [5.41, 5.74) is 1.15. The first-order chi connectivity index (χ1) is 4.84. The second-order valence-electron chi connectivity index (χ2n) is 2.17. The van der Waals surface area contributed by atoms with Gasteiger partial charge in [-0.1, -0.05) is 11.5 Å². The molecule has 0 aliphatic heterocycles. The Bertz CT molecular complexity index is 163. The van der Waals surface area contributed by atoms with Crippen LogP contribution in [0.25, 0.3) is 0 Å². The fraction of sp³-hybridized carbons (Fsp3) is 0.100. The highest BCUT2D eigenvalue weighted by Gasteiger charge is 2.17. The topological polar surface area (TPSA) is 0 Å². The minimum Gasteiger partial charge on any atom is -0.115 e. The molecule has 0 heterocycles. The lowest BCUT2D eigenvalue weighted by molar-refractivity contribution is 1.24. The number of allylic oxidation sites excluding steroid dienone is 2. The minimum atomic E-state index is 1.15. The quantitative estimate of drug-likeness (QED) is 0.475. The number of rotatable bonds is 1. The lowest BCUT2D eigenvalue weighted by atomic mass is 9.99. The Labute approximate surface area is 63.3 Å². The molecule has 0 unspecified atom stereocenters. The summed E-state index contributed by atoms with van der Waals surface area (Å²) in [7, 11) is 0. The molecule has 0 heteroatoms. The predicted octanol–water partition coefficient (Wildman–Crippen LogP) is 1.97. The van der Waals surface area contributed by atoms with Crippen LogP contribution in [0, 0.1) is 43.9 Å². The van der Waals surface area contributed by atoms with Gasteiger partial charge in [-0.25, -0.2) is 0 Å². The van der Waals surface area contributed by atoms with Crippen LogP contribution < -0.4 is 0 Å². The van der Waals surface area contributed by atoms with Crippen molar-refractivity contribution >= 4 is 0 Å². The number of hydrogen-bond acceptors (Lipinski definition) is 0. The number of terminal acetylenes is 1. The minimum absolute atomic E-state index is 1.15. The highest BCUT2D eigenvalue weighted by molar-refractivity contribution is 5.48. The van der Waals surface area contributed by atoms with E-state index < -0.39 is 0 Å². The molecule has 10 heavy (non-hydrogen) atoms. The van der Waals surface area contributed by atoms with Gasteiger partial charge in [0.1, 0.15) is 0 Å². The van der Waals surface area contributed by atoms with Crippen molar-refractivity contribution in [2.75, 3.05) is 0 Å². The summed E-state index contributed by atoms with van der Waals surface area (Å²) in [5.74, 6) is 3.70. The third-order valence-electron chi connectivity index (χ3n) is 1.42. The lowest BCUT2D eigenvalue weighted by Crippen LogP contribution is -1.92. The Balaban J connectivity index is 2.49. The summed E-state index contributed by atoms with van der Waals surface area (Å²) in [6.45, 7) is 2.01. The average Bonchev–Trinajstić information content (AvgIpc) is 2.38. The van der Waals surface area contributed by atoms with Gasteiger partial charge in [-0.3, -0.25) is 0 Å². The summed E-state index contributed by atoms with van der Waals surface area (Å²) in [4.78, 5) is 0. The zero-order valence-corrected chi connectivity index (χ0v) is 5.96. The Hall–Kier alpha value is -0.700. The molecule has 5 radical (unpaired) electrons. The molecular formula is C10H9. The molecule has 0 bridgehead atoms. The zero-order chi connectivity index (χ0) is 7.40. The molecule has 0 aromatic rings. The maximum Gasteiger partial charge on any atom is 0.00863 e. The van der Waals surface area contributed by atoms with Gasteiger partial charge in [-0.05, 0) is 38.7 Å². The van der Waals surface area contributed by atoms with Crippen molar-refractivity contribution in [2.45, 2.75) is 6.92 Å².